The maximum absolute atomic E-state index is 5.59. The first-order valence-electron chi connectivity index (χ1n) is 5.10. The van der Waals surface area contributed by atoms with Gasteiger partial charge in [-0.05, 0) is 19.1 Å². The van der Waals surface area contributed by atoms with Crippen LogP contribution in [0.4, 0.5) is 11.6 Å². The molecule has 5 nitrogen and oxygen atoms in total. The Bertz CT molecular complexity index is 489. The van der Waals surface area contributed by atoms with Gasteiger partial charge in [0.15, 0.2) is 0 Å². The van der Waals surface area contributed by atoms with Gasteiger partial charge in [0.25, 0.3) is 0 Å². The lowest BCUT2D eigenvalue weighted by Gasteiger charge is -2.04. The zero-order chi connectivity index (χ0) is 11.5. The topological polar surface area (TPSA) is 68.8 Å². The minimum atomic E-state index is 0.521. The van der Waals surface area contributed by atoms with Crippen molar-refractivity contribution in [2.24, 2.45) is 7.05 Å². The zero-order valence-electron chi connectivity index (χ0n) is 9.44. The van der Waals surface area contributed by atoms with E-state index in [1.165, 1.54) is 0 Å². The first-order valence-corrected chi connectivity index (χ1v) is 5.10. The van der Waals surface area contributed by atoms with Crippen LogP contribution in [-0.4, -0.2) is 14.8 Å². The van der Waals surface area contributed by atoms with Gasteiger partial charge >= 0.3 is 0 Å². The molecule has 0 aromatic carbocycles. The Morgan fingerprint density at radius 1 is 1.44 bits per heavy atom. The monoisotopic (exact) mass is 217 g/mol. The summed E-state index contributed by atoms with van der Waals surface area (Å²) >= 11 is 0. The van der Waals surface area contributed by atoms with Crippen LogP contribution in [0, 0.1) is 6.92 Å². The highest BCUT2D eigenvalue weighted by molar-refractivity contribution is 5.42. The maximum atomic E-state index is 5.59. The van der Waals surface area contributed by atoms with Crippen molar-refractivity contribution in [2.75, 3.05) is 11.1 Å². The highest BCUT2D eigenvalue weighted by atomic mass is 15.3. The van der Waals surface area contributed by atoms with Gasteiger partial charge in [0.2, 0.25) is 0 Å². The summed E-state index contributed by atoms with van der Waals surface area (Å²) in [7, 11) is 1.91. The highest BCUT2D eigenvalue weighted by Crippen LogP contribution is 2.10. The lowest BCUT2D eigenvalue weighted by molar-refractivity contribution is 0.756. The molecule has 2 rings (SSSR count). The molecule has 3 N–H and O–H groups in total. The largest absolute Gasteiger partial charge is 0.384 e. The SMILES string of the molecule is Cc1nn(C)cc1CNc1cccc(N)n1. The van der Waals surface area contributed by atoms with E-state index >= 15 is 0 Å². The number of aromatic nitrogens is 3. The summed E-state index contributed by atoms with van der Waals surface area (Å²) in [6, 6.07) is 5.53. The molecular weight excluding hydrogens is 202 g/mol. The lowest BCUT2D eigenvalue weighted by Crippen LogP contribution is -2.02. The van der Waals surface area contributed by atoms with Gasteiger partial charge in [-0.1, -0.05) is 6.07 Å². The molecule has 2 aromatic heterocycles. The number of hydrogen-bond donors (Lipinski definition) is 2. The van der Waals surface area contributed by atoms with E-state index in [-0.39, 0.29) is 0 Å². The average molecular weight is 217 g/mol. The predicted molar refractivity (Wildman–Crippen MR) is 63.9 cm³/mol. The molecule has 0 aliphatic rings. The fourth-order valence-corrected chi connectivity index (χ4v) is 1.56. The van der Waals surface area contributed by atoms with E-state index in [2.05, 4.69) is 15.4 Å². The average Bonchev–Trinajstić information content (AvgIpc) is 2.54. The Hall–Kier alpha value is -2.04. The molecule has 0 fully saturated rings. The molecule has 0 radical (unpaired) electrons. The Kier molecular flexibility index (Phi) is 2.76. The predicted octanol–water partition coefficient (Wildman–Crippen LogP) is 1.32. The molecule has 0 amide bonds. The van der Waals surface area contributed by atoms with Gasteiger partial charge in [-0.3, -0.25) is 4.68 Å². The molecule has 5 heteroatoms. The molecule has 0 saturated carbocycles. The van der Waals surface area contributed by atoms with Crippen LogP contribution in [0.1, 0.15) is 11.3 Å². The van der Waals surface area contributed by atoms with Crippen molar-refractivity contribution in [1.29, 1.82) is 0 Å². The summed E-state index contributed by atoms with van der Waals surface area (Å²) in [5.41, 5.74) is 7.78. The van der Waals surface area contributed by atoms with Crippen molar-refractivity contribution in [3.05, 3.63) is 35.7 Å². The van der Waals surface area contributed by atoms with Gasteiger partial charge in [0.05, 0.1) is 5.69 Å². The minimum Gasteiger partial charge on any atom is -0.384 e. The fraction of sp³-hybridized carbons (Fsp3) is 0.273. The zero-order valence-corrected chi connectivity index (χ0v) is 9.44. The molecule has 0 spiro atoms. The molecule has 84 valence electrons. The standard InChI is InChI=1S/C11H15N5/c1-8-9(7-16(2)15-8)6-13-11-5-3-4-10(12)14-11/h3-5,7H,6H2,1-2H3,(H3,12,13,14). The van der Waals surface area contributed by atoms with Crippen LogP contribution in [-0.2, 0) is 13.6 Å². The molecule has 0 saturated heterocycles. The minimum absolute atomic E-state index is 0.521. The second-order valence-electron chi connectivity index (χ2n) is 3.71. The molecular formula is C11H15N5. The van der Waals surface area contributed by atoms with Gasteiger partial charge in [0.1, 0.15) is 11.6 Å². The van der Waals surface area contributed by atoms with E-state index in [1.807, 2.05) is 32.3 Å². The van der Waals surface area contributed by atoms with Crippen LogP contribution in [0.5, 0.6) is 0 Å². The summed E-state index contributed by atoms with van der Waals surface area (Å²) in [4.78, 5) is 4.16. The molecule has 0 unspecified atom stereocenters. The van der Waals surface area contributed by atoms with E-state index < -0.39 is 0 Å². The number of nitrogens with one attached hydrogen (secondary N) is 1. The fourth-order valence-electron chi connectivity index (χ4n) is 1.56. The van der Waals surface area contributed by atoms with Crippen molar-refractivity contribution in [1.82, 2.24) is 14.8 Å². The number of hydrogen-bond acceptors (Lipinski definition) is 4. The lowest BCUT2D eigenvalue weighted by atomic mass is 10.2. The van der Waals surface area contributed by atoms with Crippen molar-refractivity contribution < 1.29 is 0 Å². The number of rotatable bonds is 3. The van der Waals surface area contributed by atoms with E-state index in [9.17, 15) is 0 Å². The Morgan fingerprint density at radius 3 is 2.88 bits per heavy atom. The van der Waals surface area contributed by atoms with E-state index in [4.69, 9.17) is 5.73 Å². The number of nitrogen functional groups attached to an aromatic ring is 1. The van der Waals surface area contributed by atoms with E-state index in [0.717, 1.165) is 17.1 Å². The summed E-state index contributed by atoms with van der Waals surface area (Å²) < 4.78 is 1.80. The van der Waals surface area contributed by atoms with Gasteiger partial charge in [0, 0.05) is 25.4 Å². The smallest absolute Gasteiger partial charge is 0.128 e. The van der Waals surface area contributed by atoms with Crippen LogP contribution in [0.2, 0.25) is 0 Å². The van der Waals surface area contributed by atoms with Gasteiger partial charge in [-0.2, -0.15) is 5.10 Å². The Balaban J connectivity index is 2.05. The van der Waals surface area contributed by atoms with Gasteiger partial charge in [-0.25, -0.2) is 4.98 Å². The Morgan fingerprint density at radius 2 is 2.25 bits per heavy atom. The second-order valence-corrected chi connectivity index (χ2v) is 3.71. The summed E-state index contributed by atoms with van der Waals surface area (Å²) in [6.45, 7) is 2.69. The Labute approximate surface area is 94.3 Å². The maximum Gasteiger partial charge on any atom is 0.128 e. The molecule has 0 atom stereocenters. The van der Waals surface area contributed by atoms with Crippen LogP contribution in [0.15, 0.2) is 24.4 Å². The first kappa shape index (κ1) is 10.5. The normalized spacial score (nSPS) is 10.4. The molecule has 16 heavy (non-hydrogen) atoms. The molecule has 0 aliphatic heterocycles. The van der Waals surface area contributed by atoms with Crippen molar-refractivity contribution >= 4 is 11.6 Å². The van der Waals surface area contributed by atoms with Crippen LogP contribution in [0.3, 0.4) is 0 Å². The number of anilines is 2. The number of pyridine rings is 1. The van der Waals surface area contributed by atoms with E-state index in [1.54, 1.807) is 10.7 Å². The number of aryl methyl sites for hydroxylation is 2. The van der Waals surface area contributed by atoms with Crippen LogP contribution >= 0.6 is 0 Å². The number of nitrogens with two attached hydrogens (primary N) is 1. The first-order chi connectivity index (χ1) is 7.65. The van der Waals surface area contributed by atoms with Crippen molar-refractivity contribution in [2.45, 2.75) is 13.5 Å². The molecule has 0 aliphatic carbocycles. The van der Waals surface area contributed by atoms with Crippen LogP contribution < -0.4 is 11.1 Å². The van der Waals surface area contributed by atoms with E-state index in [0.29, 0.717) is 12.4 Å². The number of nitrogens with zero attached hydrogens (tertiary/aromatic N) is 3. The highest BCUT2D eigenvalue weighted by Gasteiger charge is 2.02. The molecule has 0 bridgehead atoms. The summed E-state index contributed by atoms with van der Waals surface area (Å²) in [5.74, 6) is 1.30. The van der Waals surface area contributed by atoms with Gasteiger partial charge < -0.3 is 11.1 Å². The summed E-state index contributed by atoms with van der Waals surface area (Å²) in [6.07, 6.45) is 1.99. The summed E-state index contributed by atoms with van der Waals surface area (Å²) in [5, 5.41) is 7.48. The van der Waals surface area contributed by atoms with Crippen LogP contribution in [0.25, 0.3) is 0 Å². The van der Waals surface area contributed by atoms with Gasteiger partial charge in [-0.15, -0.1) is 0 Å². The van der Waals surface area contributed by atoms with Crippen molar-refractivity contribution in [3.8, 4) is 0 Å². The third-order valence-electron chi connectivity index (χ3n) is 2.35. The van der Waals surface area contributed by atoms with Crippen molar-refractivity contribution in [3.63, 3.8) is 0 Å². The second kappa shape index (κ2) is 4.22. The molecule has 2 aromatic rings. The third-order valence-corrected chi connectivity index (χ3v) is 2.35. The third kappa shape index (κ3) is 2.31. The quantitative estimate of drug-likeness (QED) is 0.813. The molecule has 2 heterocycles.